The molecular weight excluding hydrogens is 374 g/mol. The second-order valence-electron chi connectivity index (χ2n) is 8.09. The van der Waals surface area contributed by atoms with Crippen LogP contribution in [0.4, 0.5) is 10.5 Å². The minimum atomic E-state index is -0.242. The minimum Gasteiger partial charge on any atom is -0.338 e. The number of rotatable bonds is 4. The average Bonchev–Trinajstić information content (AvgIpc) is 2.76. The number of carbonyl (C=O) groups is 2. The first-order chi connectivity index (χ1) is 14.5. The van der Waals surface area contributed by atoms with Gasteiger partial charge < -0.3 is 15.5 Å². The third-order valence-corrected chi connectivity index (χ3v) is 5.60. The van der Waals surface area contributed by atoms with Crippen molar-refractivity contribution < 1.29 is 9.59 Å². The second kappa shape index (κ2) is 8.57. The van der Waals surface area contributed by atoms with Gasteiger partial charge in [0, 0.05) is 31.2 Å². The molecule has 1 aliphatic heterocycles. The third-order valence-electron chi connectivity index (χ3n) is 5.60. The summed E-state index contributed by atoms with van der Waals surface area (Å²) in [5, 5.41) is 8.17. The lowest BCUT2D eigenvalue weighted by molar-refractivity contribution is -0.135. The molecule has 154 valence electrons. The zero-order valence-electron chi connectivity index (χ0n) is 17.4. The highest BCUT2D eigenvalue weighted by Crippen LogP contribution is 2.24. The Morgan fingerprint density at radius 3 is 2.63 bits per heavy atom. The van der Waals surface area contributed by atoms with E-state index in [1.807, 2.05) is 61.2 Å². The molecule has 0 aromatic heterocycles. The van der Waals surface area contributed by atoms with Gasteiger partial charge in [-0.15, -0.1) is 0 Å². The van der Waals surface area contributed by atoms with Gasteiger partial charge in [-0.3, -0.25) is 4.79 Å². The Balaban J connectivity index is 1.40. The van der Waals surface area contributed by atoms with Crippen LogP contribution in [0.25, 0.3) is 10.8 Å². The molecule has 0 unspecified atom stereocenters. The number of anilines is 1. The zero-order valence-corrected chi connectivity index (χ0v) is 17.4. The van der Waals surface area contributed by atoms with E-state index in [4.69, 9.17) is 0 Å². The number of nitrogens with one attached hydrogen (secondary N) is 2. The second-order valence-corrected chi connectivity index (χ2v) is 8.09. The molecule has 1 aliphatic rings. The minimum absolute atomic E-state index is 0.00676. The van der Waals surface area contributed by atoms with Crippen LogP contribution in [0.15, 0.2) is 60.7 Å². The van der Waals surface area contributed by atoms with Crippen molar-refractivity contribution in [3.63, 3.8) is 0 Å². The topological polar surface area (TPSA) is 61.4 Å². The molecule has 0 atom stereocenters. The van der Waals surface area contributed by atoms with E-state index in [1.54, 1.807) is 0 Å². The molecule has 3 aromatic carbocycles. The van der Waals surface area contributed by atoms with Gasteiger partial charge in [0.05, 0.1) is 0 Å². The Morgan fingerprint density at radius 1 is 1.00 bits per heavy atom. The predicted octanol–water partition coefficient (Wildman–Crippen LogP) is 4.70. The van der Waals surface area contributed by atoms with Gasteiger partial charge in [-0.2, -0.15) is 0 Å². The number of fused-ring (bicyclic) bond motifs is 2. The van der Waals surface area contributed by atoms with Crippen molar-refractivity contribution in [3.8, 4) is 0 Å². The molecule has 3 aromatic rings. The van der Waals surface area contributed by atoms with E-state index < -0.39 is 0 Å². The van der Waals surface area contributed by atoms with E-state index in [2.05, 4.69) is 28.8 Å². The molecule has 0 fully saturated rings. The van der Waals surface area contributed by atoms with Gasteiger partial charge in [0.25, 0.3) is 0 Å². The highest BCUT2D eigenvalue weighted by atomic mass is 16.2. The molecule has 5 nitrogen and oxygen atoms in total. The lowest BCUT2D eigenvalue weighted by Gasteiger charge is -2.30. The van der Waals surface area contributed by atoms with E-state index in [0.717, 1.165) is 40.6 Å². The fraction of sp³-hybridized carbons (Fsp3) is 0.280. The van der Waals surface area contributed by atoms with Crippen LogP contribution in [0.1, 0.15) is 30.5 Å². The van der Waals surface area contributed by atoms with E-state index >= 15 is 0 Å². The van der Waals surface area contributed by atoms with Gasteiger partial charge in [0.1, 0.15) is 0 Å². The van der Waals surface area contributed by atoms with E-state index in [9.17, 15) is 9.59 Å². The van der Waals surface area contributed by atoms with Gasteiger partial charge in [-0.05, 0) is 46.0 Å². The normalized spacial score (nSPS) is 13.2. The van der Waals surface area contributed by atoms with Crippen LogP contribution >= 0.6 is 0 Å². The summed E-state index contributed by atoms with van der Waals surface area (Å²) >= 11 is 0. The van der Waals surface area contributed by atoms with Crippen LogP contribution in [-0.4, -0.2) is 23.4 Å². The number of hydrogen-bond donors (Lipinski definition) is 2. The average molecular weight is 402 g/mol. The van der Waals surface area contributed by atoms with Crippen molar-refractivity contribution >= 4 is 28.4 Å². The maximum Gasteiger partial charge on any atom is 0.319 e. The van der Waals surface area contributed by atoms with Gasteiger partial charge in [-0.1, -0.05) is 62.4 Å². The summed E-state index contributed by atoms with van der Waals surface area (Å²) in [6.07, 6.45) is 0.849. The number of nitrogens with zero attached hydrogens (tertiary/aromatic N) is 1. The summed E-state index contributed by atoms with van der Waals surface area (Å²) in [5.74, 6) is 0.166. The van der Waals surface area contributed by atoms with Crippen LogP contribution in [0.2, 0.25) is 0 Å². The molecule has 2 N–H and O–H groups in total. The standard InChI is InChI=1S/C25H27N3O2/c1-17(2)24(29)28-13-12-18-10-11-22(14-21(18)16-28)27-25(30)26-15-20-8-5-7-19-6-3-4-9-23(19)20/h3-11,14,17H,12-13,15-16H2,1-2H3,(H2,26,27,30). The third kappa shape index (κ3) is 4.30. The lowest BCUT2D eigenvalue weighted by atomic mass is 9.98. The molecule has 0 aliphatic carbocycles. The molecule has 0 saturated carbocycles. The first-order valence-electron chi connectivity index (χ1n) is 10.4. The monoisotopic (exact) mass is 401 g/mol. The van der Waals surface area contributed by atoms with Crippen molar-refractivity contribution in [1.29, 1.82) is 0 Å². The zero-order chi connectivity index (χ0) is 21.1. The Bertz CT molecular complexity index is 1090. The Hall–Kier alpha value is -3.34. The summed E-state index contributed by atoms with van der Waals surface area (Å²) in [5.41, 5.74) is 4.16. The quantitative estimate of drug-likeness (QED) is 0.666. The molecule has 0 bridgehead atoms. The number of amides is 3. The molecular formula is C25H27N3O2. The Labute approximate surface area is 177 Å². The molecule has 3 amide bonds. The van der Waals surface area contributed by atoms with Crippen molar-refractivity contribution in [1.82, 2.24) is 10.2 Å². The summed E-state index contributed by atoms with van der Waals surface area (Å²) in [6.45, 7) is 5.66. The maximum atomic E-state index is 12.5. The highest BCUT2D eigenvalue weighted by molar-refractivity contribution is 5.90. The van der Waals surface area contributed by atoms with Crippen molar-refractivity contribution in [3.05, 3.63) is 77.4 Å². The molecule has 4 rings (SSSR count). The van der Waals surface area contributed by atoms with Gasteiger partial charge in [0.15, 0.2) is 0 Å². The number of urea groups is 1. The highest BCUT2D eigenvalue weighted by Gasteiger charge is 2.22. The molecule has 30 heavy (non-hydrogen) atoms. The Morgan fingerprint density at radius 2 is 1.80 bits per heavy atom. The number of benzene rings is 3. The van der Waals surface area contributed by atoms with Gasteiger partial charge >= 0.3 is 6.03 Å². The lowest BCUT2D eigenvalue weighted by Crippen LogP contribution is -2.38. The summed E-state index contributed by atoms with van der Waals surface area (Å²) < 4.78 is 0. The number of carbonyl (C=O) groups excluding carboxylic acids is 2. The number of hydrogen-bond acceptors (Lipinski definition) is 2. The van der Waals surface area contributed by atoms with E-state index in [-0.39, 0.29) is 17.9 Å². The van der Waals surface area contributed by atoms with Crippen LogP contribution in [0.3, 0.4) is 0 Å². The maximum absolute atomic E-state index is 12.5. The van der Waals surface area contributed by atoms with Crippen LogP contribution in [0, 0.1) is 5.92 Å². The van der Waals surface area contributed by atoms with Crippen molar-refractivity contribution in [2.24, 2.45) is 5.92 Å². The van der Waals surface area contributed by atoms with Crippen molar-refractivity contribution in [2.45, 2.75) is 33.4 Å². The molecule has 1 heterocycles. The van der Waals surface area contributed by atoms with E-state index in [1.165, 1.54) is 5.56 Å². The molecule has 0 saturated heterocycles. The fourth-order valence-electron chi connectivity index (χ4n) is 3.99. The molecule has 5 heteroatoms. The molecule has 0 spiro atoms. The summed E-state index contributed by atoms with van der Waals surface area (Å²) in [7, 11) is 0. The molecule has 0 radical (unpaired) electrons. The van der Waals surface area contributed by atoms with Crippen molar-refractivity contribution in [2.75, 3.05) is 11.9 Å². The van der Waals surface area contributed by atoms with Crippen LogP contribution < -0.4 is 10.6 Å². The first kappa shape index (κ1) is 20.0. The predicted molar refractivity (Wildman–Crippen MR) is 120 cm³/mol. The smallest absolute Gasteiger partial charge is 0.319 e. The van der Waals surface area contributed by atoms with Gasteiger partial charge in [-0.25, -0.2) is 4.79 Å². The first-order valence-corrected chi connectivity index (χ1v) is 10.4. The van der Waals surface area contributed by atoms with Crippen LogP contribution in [-0.2, 0) is 24.3 Å². The summed E-state index contributed by atoms with van der Waals surface area (Å²) in [6, 6.07) is 20.0. The van der Waals surface area contributed by atoms with Crippen LogP contribution in [0.5, 0.6) is 0 Å². The van der Waals surface area contributed by atoms with Gasteiger partial charge in [0.2, 0.25) is 5.91 Å². The summed E-state index contributed by atoms with van der Waals surface area (Å²) in [4.78, 5) is 26.7. The SMILES string of the molecule is CC(C)C(=O)N1CCc2ccc(NC(=O)NCc3cccc4ccccc34)cc2C1. The van der Waals surface area contributed by atoms with E-state index in [0.29, 0.717) is 13.1 Å². The Kier molecular flexibility index (Phi) is 5.70. The largest absolute Gasteiger partial charge is 0.338 e. The fourth-order valence-corrected chi connectivity index (χ4v) is 3.99.